The van der Waals surface area contributed by atoms with Crippen LogP contribution in [0.25, 0.3) is 0 Å². The summed E-state index contributed by atoms with van der Waals surface area (Å²) in [5.41, 5.74) is 3.01. The van der Waals surface area contributed by atoms with E-state index in [0.717, 1.165) is 18.4 Å². The molecule has 1 saturated carbocycles. The Hall–Kier alpha value is -2.62. The Kier molecular flexibility index (Phi) is 4.38. The van der Waals surface area contributed by atoms with E-state index in [1.807, 2.05) is 31.2 Å². The number of ether oxygens (including phenoxy) is 1. The molecule has 1 fully saturated rings. The molecule has 3 rings (SSSR count). The van der Waals surface area contributed by atoms with E-state index in [1.165, 1.54) is 5.56 Å². The van der Waals surface area contributed by atoms with Crippen LogP contribution in [0.5, 0.6) is 0 Å². The van der Waals surface area contributed by atoms with Crippen LogP contribution in [0.1, 0.15) is 41.3 Å². The van der Waals surface area contributed by atoms with Crippen LogP contribution in [0.2, 0.25) is 0 Å². The highest BCUT2D eigenvalue weighted by Gasteiger charge is 2.51. The number of anilines is 1. The molecule has 0 aliphatic heterocycles. The summed E-state index contributed by atoms with van der Waals surface area (Å²) in [6.45, 7) is 4.15. The van der Waals surface area contributed by atoms with Crippen LogP contribution in [0.4, 0.5) is 5.69 Å². The molecule has 0 bridgehead atoms. The van der Waals surface area contributed by atoms with E-state index in [-0.39, 0.29) is 11.9 Å². The molecule has 1 aliphatic rings. The molecule has 1 N–H and O–H groups in total. The fraction of sp³-hybridized carbons (Fsp3) is 0.300. The third-order valence-electron chi connectivity index (χ3n) is 4.44. The van der Waals surface area contributed by atoms with E-state index < -0.39 is 5.41 Å². The molecule has 4 nitrogen and oxygen atoms in total. The zero-order valence-corrected chi connectivity index (χ0v) is 14.0. The monoisotopic (exact) mass is 323 g/mol. The molecule has 2 aromatic rings. The van der Waals surface area contributed by atoms with Crippen molar-refractivity contribution in [1.29, 1.82) is 0 Å². The zero-order valence-electron chi connectivity index (χ0n) is 14.0. The summed E-state index contributed by atoms with van der Waals surface area (Å²) in [6.07, 6.45) is 1.73. The first-order chi connectivity index (χ1) is 11.5. The second-order valence-corrected chi connectivity index (χ2v) is 6.20. The van der Waals surface area contributed by atoms with Crippen LogP contribution in [0.3, 0.4) is 0 Å². The molecule has 0 saturated heterocycles. The van der Waals surface area contributed by atoms with Crippen molar-refractivity contribution in [3.63, 3.8) is 0 Å². The summed E-state index contributed by atoms with van der Waals surface area (Å²) in [6, 6.07) is 14.9. The summed E-state index contributed by atoms with van der Waals surface area (Å²) in [5.74, 6) is -0.344. The van der Waals surface area contributed by atoms with Crippen LogP contribution in [-0.2, 0) is 14.9 Å². The lowest BCUT2D eigenvalue weighted by atomic mass is 9.94. The number of esters is 1. The number of rotatable bonds is 5. The van der Waals surface area contributed by atoms with E-state index in [4.69, 9.17) is 4.74 Å². The van der Waals surface area contributed by atoms with E-state index in [1.54, 1.807) is 31.2 Å². The largest absolute Gasteiger partial charge is 0.462 e. The molecule has 0 unspecified atom stereocenters. The highest BCUT2D eigenvalue weighted by atomic mass is 16.5. The smallest absolute Gasteiger partial charge is 0.338 e. The third-order valence-corrected chi connectivity index (χ3v) is 4.44. The van der Waals surface area contributed by atoms with Crippen molar-refractivity contribution in [2.45, 2.75) is 32.1 Å². The first kappa shape index (κ1) is 16.2. The number of carbonyl (C=O) groups is 2. The molecule has 0 spiro atoms. The van der Waals surface area contributed by atoms with Crippen LogP contribution < -0.4 is 5.32 Å². The summed E-state index contributed by atoms with van der Waals surface area (Å²) in [5, 5.41) is 2.96. The second-order valence-electron chi connectivity index (χ2n) is 6.20. The van der Waals surface area contributed by atoms with Gasteiger partial charge in [-0.15, -0.1) is 0 Å². The Bertz CT molecular complexity index is 743. The molecule has 124 valence electrons. The number of amides is 1. The molecule has 0 radical (unpaired) electrons. The minimum absolute atomic E-state index is 0.00948. The minimum Gasteiger partial charge on any atom is -0.462 e. The van der Waals surface area contributed by atoms with Crippen LogP contribution >= 0.6 is 0 Å². The van der Waals surface area contributed by atoms with Gasteiger partial charge in [0.15, 0.2) is 0 Å². The average molecular weight is 323 g/mol. The number of aryl methyl sites for hydroxylation is 1. The topological polar surface area (TPSA) is 55.4 Å². The maximum Gasteiger partial charge on any atom is 0.338 e. The maximum absolute atomic E-state index is 12.7. The first-order valence-corrected chi connectivity index (χ1v) is 8.21. The number of hydrogen-bond acceptors (Lipinski definition) is 3. The van der Waals surface area contributed by atoms with Gasteiger partial charge in [0, 0.05) is 5.69 Å². The van der Waals surface area contributed by atoms with Gasteiger partial charge in [0.25, 0.3) is 0 Å². The normalized spacial score (nSPS) is 14.8. The highest BCUT2D eigenvalue weighted by Crippen LogP contribution is 2.49. The van der Waals surface area contributed by atoms with E-state index >= 15 is 0 Å². The van der Waals surface area contributed by atoms with Gasteiger partial charge in [-0.25, -0.2) is 4.79 Å². The van der Waals surface area contributed by atoms with Crippen molar-refractivity contribution in [2.24, 2.45) is 0 Å². The van der Waals surface area contributed by atoms with Crippen molar-refractivity contribution in [3.8, 4) is 0 Å². The predicted molar refractivity (Wildman–Crippen MR) is 93.1 cm³/mol. The summed E-state index contributed by atoms with van der Waals surface area (Å²) < 4.78 is 4.95. The number of benzene rings is 2. The molecular formula is C20H21NO3. The Morgan fingerprint density at radius 2 is 1.67 bits per heavy atom. The average Bonchev–Trinajstić information content (AvgIpc) is 3.38. The molecular weight excluding hydrogens is 302 g/mol. The van der Waals surface area contributed by atoms with E-state index in [9.17, 15) is 9.59 Å². The van der Waals surface area contributed by atoms with E-state index in [2.05, 4.69) is 5.32 Å². The van der Waals surface area contributed by atoms with Gasteiger partial charge in [0.2, 0.25) is 5.91 Å². The van der Waals surface area contributed by atoms with Crippen molar-refractivity contribution >= 4 is 17.6 Å². The van der Waals surface area contributed by atoms with Crippen molar-refractivity contribution < 1.29 is 14.3 Å². The molecule has 1 aliphatic carbocycles. The fourth-order valence-corrected chi connectivity index (χ4v) is 2.80. The Morgan fingerprint density at radius 1 is 1.04 bits per heavy atom. The molecule has 1 amide bonds. The lowest BCUT2D eigenvalue weighted by Crippen LogP contribution is -2.27. The number of carbonyl (C=O) groups excluding carboxylic acids is 2. The van der Waals surface area contributed by atoms with Crippen LogP contribution in [0.15, 0.2) is 48.5 Å². The predicted octanol–water partition coefficient (Wildman–Crippen LogP) is 3.84. The van der Waals surface area contributed by atoms with Gasteiger partial charge in [0.05, 0.1) is 17.6 Å². The molecule has 0 aromatic heterocycles. The Balaban J connectivity index is 1.71. The minimum atomic E-state index is -0.409. The second kappa shape index (κ2) is 6.48. The molecule has 4 heteroatoms. The third kappa shape index (κ3) is 3.18. The van der Waals surface area contributed by atoms with Crippen LogP contribution in [-0.4, -0.2) is 18.5 Å². The van der Waals surface area contributed by atoms with Gasteiger partial charge in [0.1, 0.15) is 0 Å². The van der Waals surface area contributed by atoms with Gasteiger partial charge in [-0.2, -0.15) is 0 Å². The van der Waals surface area contributed by atoms with Crippen LogP contribution in [0, 0.1) is 6.92 Å². The highest BCUT2D eigenvalue weighted by molar-refractivity contribution is 6.01. The van der Waals surface area contributed by atoms with Crippen molar-refractivity contribution in [3.05, 3.63) is 65.2 Å². The van der Waals surface area contributed by atoms with Gasteiger partial charge in [-0.1, -0.05) is 29.8 Å². The molecule has 24 heavy (non-hydrogen) atoms. The van der Waals surface area contributed by atoms with Gasteiger partial charge >= 0.3 is 5.97 Å². The maximum atomic E-state index is 12.7. The van der Waals surface area contributed by atoms with Gasteiger partial charge in [-0.3, -0.25) is 4.79 Å². The van der Waals surface area contributed by atoms with Gasteiger partial charge in [-0.05, 0) is 56.5 Å². The summed E-state index contributed by atoms with van der Waals surface area (Å²) in [4.78, 5) is 24.4. The summed E-state index contributed by atoms with van der Waals surface area (Å²) >= 11 is 0. The lowest BCUT2D eigenvalue weighted by Gasteiger charge is -2.16. The Morgan fingerprint density at radius 3 is 2.21 bits per heavy atom. The molecule has 0 atom stereocenters. The summed E-state index contributed by atoms with van der Waals surface area (Å²) in [7, 11) is 0. The molecule has 2 aromatic carbocycles. The van der Waals surface area contributed by atoms with Gasteiger partial charge < -0.3 is 10.1 Å². The zero-order chi connectivity index (χ0) is 17.2. The number of nitrogens with one attached hydrogen (secondary N) is 1. The standard InChI is InChI=1S/C20H21NO3/c1-3-24-18(22)15-6-10-17(11-7-15)21-19(23)20(12-13-20)16-8-4-14(2)5-9-16/h4-11H,3,12-13H2,1-2H3,(H,21,23). The van der Waals surface area contributed by atoms with E-state index in [0.29, 0.717) is 17.9 Å². The quantitative estimate of drug-likeness (QED) is 0.851. The first-order valence-electron chi connectivity index (χ1n) is 8.21. The number of hydrogen-bond donors (Lipinski definition) is 1. The SMILES string of the molecule is CCOC(=O)c1ccc(NC(=O)C2(c3ccc(C)cc3)CC2)cc1. The molecule has 0 heterocycles. The van der Waals surface area contributed by atoms with Crippen molar-refractivity contribution in [2.75, 3.05) is 11.9 Å². The van der Waals surface area contributed by atoms with Crippen molar-refractivity contribution in [1.82, 2.24) is 0 Å². The lowest BCUT2D eigenvalue weighted by molar-refractivity contribution is -0.118. The fourth-order valence-electron chi connectivity index (χ4n) is 2.80. The Labute approximate surface area is 141 Å².